The predicted octanol–water partition coefficient (Wildman–Crippen LogP) is 5.58. The standard InChI is InChI=1S/C26H25F4N7O3/c1-14(2)37-13-19(23(35-37)39-3)33-24-31-11-17(12-32-24)15-4-5-16(18(27)8-15)9-22(38)34-21-10-20(40-36-21)25(6-7-25)26(28,29)30/h4-5,8,10-14H,6-7,9H2,1-3H3,(H,31,32,33)(H,34,36,38). The Kier molecular flexibility index (Phi) is 6.94. The van der Waals surface area contributed by atoms with Crippen molar-refractivity contribution in [3.05, 3.63) is 60.0 Å². The summed E-state index contributed by atoms with van der Waals surface area (Å²) in [7, 11) is 1.51. The Hall–Kier alpha value is -4.49. The van der Waals surface area contributed by atoms with Gasteiger partial charge in [-0.05, 0) is 43.9 Å². The molecule has 1 amide bonds. The van der Waals surface area contributed by atoms with E-state index in [1.54, 1.807) is 16.9 Å². The van der Waals surface area contributed by atoms with Crippen molar-refractivity contribution in [2.24, 2.45) is 0 Å². The summed E-state index contributed by atoms with van der Waals surface area (Å²) in [5.41, 5.74) is -0.341. The second-order valence-electron chi connectivity index (χ2n) is 9.73. The maximum absolute atomic E-state index is 14.8. The lowest BCUT2D eigenvalue weighted by atomic mass is 10.0. The number of nitrogens with one attached hydrogen (secondary N) is 2. The van der Waals surface area contributed by atoms with E-state index in [0.717, 1.165) is 6.07 Å². The summed E-state index contributed by atoms with van der Waals surface area (Å²) in [6, 6.07) is 5.49. The first-order chi connectivity index (χ1) is 19.0. The highest BCUT2D eigenvalue weighted by atomic mass is 19.4. The summed E-state index contributed by atoms with van der Waals surface area (Å²) < 4.78 is 66.5. The fourth-order valence-corrected chi connectivity index (χ4v) is 4.12. The lowest BCUT2D eigenvalue weighted by Crippen LogP contribution is -2.28. The van der Waals surface area contributed by atoms with Gasteiger partial charge in [0.05, 0.1) is 19.7 Å². The predicted molar refractivity (Wildman–Crippen MR) is 136 cm³/mol. The first-order valence-electron chi connectivity index (χ1n) is 12.3. The molecule has 2 N–H and O–H groups in total. The Bertz CT molecular complexity index is 1530. The summed E-state index contributed by atoms with van der Waals surface area (Å²) in [5.74, 6) is -1.13. The average Bonchev–Trinajstić information content (AvgIpc) is 3.44. The molecule has 1 aromatic carbocycles. The minimum Gasteiger partial charge on any atom is -0.478 e. The molecule has 210 valence electrons. The number of halogens is 4. The molecule has 1 saturated carbocycles. The molecule has 4 aromatic rings. The number of hydrogen-bond donors (Lipinski definition) is 2. The molecule has 0 atom stereocenters. The Labute approximate surface area is 225 Å². The molecule has 3 heterocycles. The van der Waals surface area contributed by atoms with Gasteiger partial charge in [-0.1, -0.05) is 17.3 Å². The van der Waals surface area contributed by atoms with E-state index in [4.69, 9.17) is 9.26 Å². The van der Waals surface area contributed by atoms with Crippen LogP contribution in [-0.4, -0.2) is 44.1 Å². The molecule has 0 bridgehead atoms. The van der Waals surface area contributed by atoms with Gasteiger partial charge in [0.2, 0.25) is 11.9 Å². The molecule has 0 unspecified atom stereocenters. The largest absolute Gasteiger partial charge is 0.478 e. The van der Waals surface area contributed by atoms with E-state index in [9.17, 15) is 22.4 Å². The first kappa shape index (κ1) is 27.1. The Morgan fingerprint density at radius 2 is 1.90 bits per heavy atom. The number of anilines is 3. The minimum absolute atomic E-state index is 0.0902. The van der Waals surface area contributed by atoms with E-state index in [1.807, 2.05) is 13.8 Å². The molecule has 1 aliphatic carbocycles. The number of ether oxygens (including phenoxy) is 1. The molecule has 14 heteroatoms. The van der Waals surface area contributed by atoms with Gasteiger partial charge in [-0.15, -0.1) is 5.10 Å². The zero-order chi connectivity index (χ0) is 28.7. The van der Waals surface area contributed by atoms with Gasteiger partial charge in [-0.25, -0.2) is 14.4 Å². The maximum atomic E-state index is 14.8. The minimum atomic E-state index is -4.47. The third kappa shape index (κ3) is 5.33. The van der Waals surface area contributed by atoms with Crippen LogP contribution in [0.3, 0.4) is 0 Å². The molecule has 0 aliphatic heterocycles. The van der Waals surface area contributed by atoms with E-state index in [-0.39, 0.29) is 48.4 Å². The highest BCUT2D eigenvalue weighted by molar-refractivity contribution is 5.91. The fraction of sp³-hybridized carbons (Fsp3) is 0.346. The van der Waals surface area contributed by atoms with Crippen LogP contribution in [0.4, 0.5) is 35.0 Å². The Balaban J connectivity index is 1.22. The smallest absolute Gasteiger partial charge is 0.401 e. The quantitative estimate of drug-likeness (QED) is 0.255. The van der Waals surface area contributed by atoms with Gasteiger partial charge in [0.15, 0.2) is 11.6 Å². The molecule has 1 aliphatic rings. The molecular formula is C26H25F4N7O3. The fourth-order valence-electron chi connectivity index (χ4n) is 4.12. The topological polar surface area (TPSA) is 120 Å². The van der Waals surface area contributed by atoms with Crippen molar-refractivity contribution in [2.75, 3.05) is 17.7 Å². The Morgan fingerprint density at radius 3 is 2.50 bits per heavy atom. The first-order valence-corrected chi connectivity index (χ1v) is 12.3. The van der Waals surface area contributed by atoms with Crippen molar-refractivity contribution in [1.29, 1.82) is 0 Å². The van der Waals surface area contributed by atoms with E-state index >= 15 is 0 Å². The summed E-state index contributed by atoms with van der Waals surface area (Å²) >= 11 is 0. The van der Waals surface area contributed by atoms with Crippen LogP contribution in [0, 0.1) is 5.82 Å². The summed E-state index contributed by atoms with van der Waals surface area (Å²) in [5, 5.41) is 13.2. The van der Waals surface area contributed by atoms with Crippen LogP contribution in [0.2, 0.25) is 0 Å². The second kappa shape index (κ2) is 10.2. The van der Waals surface area contributed by atoms with Crippen LogP contribution in [0.5, 0.6) is 5.88 Å². The number of aromatic nitrogens is 5. The van der Waals surface area contributed by atoms with Gasteiger partial charge in [0.1, 0.15) is 16.9 Å². The van der Waals surface area contributed by atoms with Crippen LogP contribution in [0.15, 0.2) is 47.4 Å². The number of rotatable bonds is 9. The summed E-state index contributed by atoms with van der Waals surface area (Å²) in [4.78, 5) is 21.0. The number of hydrogen-bond acceptors (Lipinski definition) is 8. The van der Waals surface area contributed by atoms with Gasteiger partial charge in [-0.2, -0.15) is 13.2 Å². The molecule has 1 fully saturated rings. The molecule has 0 saturated heterocycles. The molecule has 0 radical (unpaired) electrons. The van der Waals surface area contributed by atoms with Gasteiger partial charge in [0.25, 0.3) is 5.88 Å². The number of amides is 1. The third-order valence-electron chi connectivity index (χ3n) is 6.60. The summed E-state index contributed by atoms with van der Waals surface area (Å²) in [6.45, 7) is 3.96. The maximum Gasteiger partial charge on any atom is 0.401 e. The lowest BCUT2D eigenvalue weighted by Gasteiger charge is -2.14. The van der Waals surface area contributed by atoms with E-state index in [0.29, 0.717) is 22.7 Å². The van der Waals surface area contributed by atoms with Crippen molar-refractivity contribution >= 4 is 23.4 Å². The molecule has 40 heavy (non-hydrogen) atoms. The van der Waals surface area contributed by atoms with E-state index in [2.05, 4.69) is 30.9 Å². The van der Waals surface area contributed by atoms with Gasteiger partial charge in [0, 0.05) is 30.1 Å². The van der Waals surface area contributed by atoms with Gasteiger partial charge in [-0.3, -0.25) is 9.48 Å². The van der Waals surface area contributed by atoms with Crippen molar-refractivity contribution in [1.82, 2.24) is 24.9 Å². The van der Waals surface area contributed by atoms with Gasteiger partial charge >= 0.3 is 6.18 Å². The molecular weight excluding hydrogens is 534 g/mol. The number of nitrogens with zero attached hydrogens (tertiary/aromatic N) is 5. The molecule has 3 aromatic heterocycles. The van der Waals surface area contributed by atoms with Crippen molar-refractivity contribution in [2.45, 2.75) is 50.7 Å². The monoisotopic (exact) mass is 559 g/mol. The van der Waals surface area contributed by atoms with Crippen LogP contribution in [-0.2, 0) is 16.6 Å². The SMILES string of the molecule is COc1nn(C(C)C)cc1Nc1ncc(-c2ccc(CC(=O)Nc3cc(C4(C(F)(F)F)CC4)on3)c(F)c2)cn1. The van der Waals surface area contributed by atoms with Crippen LogP contribution < -0.4 is 15.4 Å². The summed E-state index contributed by atoms with van der Waals surface area (Å²) in [6.07, 6.45) is -0.203. The number of methoxy groups -OCH3 is 1. The number of carbonyl (C=O) groups excluding carboxylic acids is 1. The molecule has 10 nitrogen and oxygen atoms in total. The highest BCUT2D eigenvalue weighted by Gasteiger charge is 2.66. The van der Waals surface area contributed by atoms with Crippen molar-refractivity contribution in [3.8, 4) is 17.0 Å². The van der Waals surface area contributed by atoms with Crippen LogP contribution in [0.25, 0.3) is 11.1 Å². The van der Waals surface area contributed by atoms with Crippen LogP contribution in [0.1, 0.15) is 44.1 Å². The third-order valence-corrected chi connectivity index (χ3v) is 6.60. The average molecular weight is 560 g/mol. The van der Waals surface area contributed by atoms with E-state index < -0.39 is 23.3 Å². The zero-order valence-electron chi connectivity index (χ0n) is 21.7. The van der Waals surface area contributed by atoms with Crippen LogP contribution >= 0.6 is 0 Å². The molecule has 0 spiro atoms. The number of alkyl halides is 3. The highest BCUT2D eigenvalue weighted by Crippen LogP contribution is 2.59. The van der Waals surface area contributed by atoms with Crippen molar-refractivity contribution in [3.63, 3.8) is 0 Å². The number of benzene rings is 1. The second-order valence-corrected chi connectivity index (χ2v) is 9.73. The number of carbonyl (C=O) groups is 1. The van der Waals surface area contributed by atoms with Gasteiger partial charge < -0.3 is 19.9 Å². The Morgan fingerprint density at radius 1 is 1.18 bits per heavy atom. The molecule has 5 rings (SSSR count). The van der Waals surface area contributed by atoms with Crippen molar-refractivity contribution < 1.29 is 31.6 Å². The normalized spacial score (nSPS) is 14.3. The lowest BCUT2D eigenvalue weighted by molar-refractivity contribution is -0.165. The van der Waals surface area contributed by atoms with E-state index in [1.165, 1.54) is 31.6 Å². The zero-order valence-corrected chi connectivity index (χ0v) is 21.7.